The van der Waals surface area contributed by atoms with Crippen molar-refractivity contribution in [3.05, 3.63) is 36.2 Å². The molecule has 1 atom stereocenters. The maximum absolute atomic E-state index is 12.7. The Bertz CT molecular complexity index is 813. The number of anilines is 1. The Kier molecular flexibility index (Phi) is 3.60. The van der Waals surface area contributed by atoms with Crippen molar-refractivity contribution >= 4 is 39.4 Å². The van der Waals surface area contributed by atoms with Gasteiger partial charge >= 0.3 is 0 Å². The molecule has 0 aliphatic rings. The van der Waals surface area contributed by atoms with Crippen LogP contribution in [0.5, 0.6) is 5.88 Å². The van der Waals surface area contributed by atoms with Gasteiger partial charge in [-0.15, -0.1) is 0 Å². The summed E-state index contributed by atoms with van der Waals surface area (Å²) >= 11 is 5.36. The highest BCUT2D eigenvalue weighted by Crippen LogP contribution is 2.30. The highest BCUT2D eigenvalue weighted by atomic mass is 35.5. The Morgan fingerprint density at radius 1 is 1.43 bits per heavy atom. The quantitative estimate of drug-likeness (QED) is 0.775. The number of H-pyrrole nitrogens is 2. The van der Waals surface area contributed by atoms with Gasteiger partial charge in [-0.2, -0.15) is 5.10 Å². The number of aromatic nitrogens is 3. The lowest BCUT2D eigenvalue weighted by atomic mass is 10.2. The molecular formula is C13H13ClN4O2S. The minimum absolute atomic E-state index is 0.253. The van der Waals surface area contributed by atoms with E-state index in [-0.39, 0.29) is 5.88 Å². The SMILES string of the molecule is Cc1ccc2c(S(=O)N(C)c3cn[nH]c3OCl)c[nH]c2c1. The van der Waals surface area contributed by atoms with Crippen LogP contribution < -0.4 is 8.59 Å². The van der Waals surface area contributed by atoms with Crippen molar-refractivity contribution in [1.82, 2.24) is 15.2 Å². The van der Waals surface area contributed by atoms with Gasteiger partial charge in [0.05, 0.1) is 11.1 Å². The van der Waals surface area contributed by atoms with Gasteiger partial charge in [0, 0.05) is 24.1 Å². The van der Waals surface area contributed by atoms with E-state index in [1.807, 2.05) is 25.1 Å². The molecule has 0 aliphatic carbocycles. The molecule has 3 rings (SSSR count). The first-order valence-corrected chi connectivity index (χ1v) is 7.58. The van der Waals surface area contributed by atoms with E-state index >= 15 is 0 Å². The van der Waals surface area contributed by atoms with Crippen LogP contribution in [-0.2, 0) is 11.0 Å². The van der Waals surface area contributed by atoms with Gasteiger partial charge in [0.2, 0.25) is 0 Å². The van der Waals surface area contributed by atoms with Crippen LogP contribution in [0.25, 0.3) is 10.9 Å². The van der Waals surface area contributed by atoms with Gasteiger partial charge < -0.3 is 9.27 Å². The third kappa shape index (κ3) is 2.38. The van der Waals surface area contributed by atoms with Gasteiger partial charge in [-0.1, -0.05) is 12.1 Å². The third-order valence-electron chi connectivity index (χ3n) is 3.24. The highest BCUT2D eigenvalue weighted by Gasteiger charge is 2.20. The first-order chi connectivity index (χ1) is 10.1. The van der Waals surface area contributed by atoms with Crippen LogP contribution in [0.4, 0.5) is 5.69 Å². The molecule has 21 heavy (non-hydrogen) atoms. The lowest BCUT2D eigenvalue weighted by molar-refractivity contribution is 0.588. The highest BCUT2D eigenvalue weighted by molar-refractivity contribution is 7.86. The maximum atomic E-state index is 12.7. The van der Waals surface area contributed by atoms with Gasteiger partial charge in [-0.05, 0) is 18.6 Å². The average Bonchev–Trinajstić information content (AvgIpc) is 3.11. The Balaban J connectivity index is 2.00. The second kappa shape index (κ2) is 5.42. The number of nitrogens with zero attached hydrogens (tertiary/aromatic N) is 2. The molecule has 6 nitrogen and oxygen atoms in total. The Morgan fingerprint density at radius 3 is 3.00 bits per heavy atom. The van der Waals surface area contributed by atoms with Crippen molar-refractivity contribution in [1.29, 1.82) is 0 Å². The van der Waals surface area contributed by atoms with Gasteiger partial charge in [-0.25, -0.2) is 9.31 Å². The number of hydrogen-bond acceptors (Lipinski definition) is 3. The molecule has 0 spiro atoms. The molecule has 2 N–H and O–H groups in total. The number of fused-ring (bicyclic) bond motifs is 1. The smallest absolute Gasteiger partial charge is 0.257 e. The molecule has 0 radical (unpaired) electrons. The number of halogens is 1. The van der Waals surface area contributed by atoms with Crippen molar-refractivity contribution in [3.8, 4) is 5.88 Å². The van der Waals surface area contributed by atoms with Crippen LogP contribution in [0, 0.1) is 6.92 Å². The summed E-state index contributed by atoms with van der Waals surface area (Å²) in [6.45, 7) is 2.01. The number of benzene rings is 1. The fourth-order valence-electron chi connectivity index (χ4n) is 2.14. The minimum Gasteiger partial charge on any atom is -0.363 e. The molecule has 0 aliphatic heterocycles. The Hall–Kier alpha value is -1.99. The Morgan fingerprint density at radius 2 is 2.24 bits per heavy atom. The van der Waals surface area contributed by atoms with Gasteiger partial charge in [0.1, 0.15) is 17.6 Å². The predicted molar refractivity (Wildman–Crippen MR) is 82.9 cm³/mol. The van der Waals surface area contributed by atoms with Gasteiger partial charge in [-0.3, -0.25) is 4.31 Å². The zero-order chi connectivity index (χ0) is 15.0. The summed E-state index contributed by atoms with van der Waals surface area (Å²) in [7, 11) is 0.272. The largest absolute Gasteiger partial charge is 0.363 e. The number of nitrogens with one attached hydrogen (secondary N) is 2. The summed E-state index contributed by atoms with van der Waals surface area (Å²) in [6.07, 6.45) is 3.26. The van der Waals surface area contributed by atoms with E-state index in [1.165, 1.54) is 6.20 Å². The van der Waals surface area contributed by atoms with Crippen LogP contribution in [0.3, 0.4) is 0 Å². The average molecular weight is 325 g/mol. The molecule has 0 saturated carbocycles. The van der Waals surface area contributed by atoms with E-state index in [0.717, 1.165) is 16.5 Å². The zero-order valence-corrected chi connectivity index (χ0v) is 13.0. The molecule has 8 heteroatoms. The van der Waals surface area contributed by atoms with Crippen LogP contribution in [0.2, 0.25) is 0 Å². The van der Waals surface area contributed by atoms with E-state index in [9.17, 15) is 4.21 Å². The number of aromatic amines is 2. The molecule has 110 valence electrons. The number of aryl methyl sites for hydroxylation is 1. The standard InChI is InChI=1S/C13H13ClN4O2S/c1-8-3-4-9-10(5-8)15-7-12(9)21(19)18(2)11-6-16-17-13(11)20-14/h3-7,15H,1-2H3,(H,16,17). The summed E-state index contributed by atoms with van der Waals surface area (Å²) in [5.74, 6) is 0.253. The topological polar surface area (TPSA) is 74.0 Å². The van der Waals surface area contributed by atoms with Crippen LogP contribution in [-0.4, -0.2) is 26.4 Å². The minimum atomic E-state index is -1.42. The van der Waals surface area contributed by atoms with Crippen molar-refractivity contribution < 1.29 is 8.50 Å². The third-order valence-corrected chi connectivity index (χ3v) is 4.80. The van der Waals surface area contributed by atoms with Crippen molar-refractivity contribution in [2.75, 3.05) is 11.4 Å². The molecule has 3 aromatic rings. The van der Waals surface area contributed by atoms with E-state index in [2.05, 4.69) is 19.5 Å². The first-order valence-electron chi connectivity index (χ1n) is 6.17. The predicted octanol–water partition coefficient (Wildman–Crippen LogP) is 2.89. The summed E-state index contributed by atoms with van der Waals surface area (Å²) < 4.78 is 18.9. The normalized spacial score (nSPS) is 12.5. The molecule has 0 fully saturated rings. The van der Waals surface area contributed by atoms with E-state index in [1.54, 1.807) is 17.5 Å². The van der Waals surface area contributed by atoms with E-state index < -0.39 is 11.0 Å². The molecule has 1 aromatic carbocycles. The maximum Gasteiger partial charge on any atom is 0.257 e. The molecule has 2 heterocycles. The van der Waals surface area contributed by atoms with E-state index in [4.69, 9.17) is 11.9 Å². The summed E-state index contributed by atoms with van der Waals surface area (Å²) in [5.41, 5.74) is 2.61. The summed E-state index contributed by atoms with van der Waals surface area (Å²) in [6, 6.07) is 5.96. The molecule has 0 amide bonds. The van der Waals surface area contributed by atoms with Crippen LogP contribution in [0.15, 0.2) is 35.5 Å². The molecule has 1 unspecified atom stereocenters. The number of rotatable bonds is 4. The van der Waals surface area contributed by atoms with Crippen molar-refractivity contribution in [2.45, 2.75) is 11.8 Å². The second-order valence-electron chi connectivity index (χ2n) is 4.61. The van der Waals surface area contributed by atoms with Gasteiger partial charge in [0.25, 0.3) is 5.88 Å². The molecule has 0 saturated heterocycles. The summed E-state index contributed by atoms with van der Waals surface area (Å²) in [4.78, 5) is 3.83. The van der Waals surface area contributed by atoms with Crippen molar-refractivity contribution in [2.24, 2.45) is 0 Å². The zero-order valence-electron chi connectivity index (χ0n) is 11.4. The fourth-order valence-corrected chi connectivity index (χ4v) is 3.39. The van der Waals surface area contributed by atoms with Gasteiger partial charge in [0.15, 0.2) is 11.0 Å². The number of hydrogen-bond donors (Lipinski definition) is 2. The first kappa shape index (κ1) is 14.0. The van der Waals surface area contributed by atoms with E-state index in [0.29, 0.717) is 10.6 Å². The lowest BCUT2D eigenvalue weighted by Crippen LogP contribution is -2.20. The molecule has 2 aromatic heterocycles. The lowest BCUT2D eigenvalue weighted by Gasteiger charge is -2.15. The second-order valence-corrected chi connectivity index (χ2v) is 6.25. The fraction of sp³-hybridized carbons (Fsp3) is 0.154. The van der Waals surface area contributed by atoms with Crippen LogP contribution >= 0.6 is 11.9 Å². The van der Waals surface area contributed by atoms with Crippen molar-refractivity contribution in [3.63, 3.8) is 0 Å². The molecule has 0 bridgehead atoms. The molecular weight excluding hydrogens is 312 g/mol. The monoisotopic (exact) mass is 324 g/mol. The summed E-state index contributed by atoms with van der Waals surface area (Å²) in [5, 5.41) is 7.35. The Labute approximate surface area is 128 Å². The van der Waals surface area contributed by atoms with Crippen LogP contribution in [0.1, 0.15) is 5.56 Å².